The number of aliphatic hydroxyl groups is 2. The highest BCUT2D eigenvalue weighted by Gasteiger charge is 2.27. The highest BCUT2D eigenvalue weighted by Crippen LogP contribution is 2.22. The van der Waals surface area contributed by atoms with Gasteiger partial charge in [-0.1, -0.05) is 0 Å². The summed E-state index contributed by atoms with van der Waals surface area (Å²) in [5.41, 5.74) is 0. The molecule has 1 rings (SSSR count). The molecular weight excluding hydrogens is 216 g/mol. The van der Waals surface area contributed by atoms with E-state index in [1.165, 1.54) is 6.42 Å². The zero-order valence-electron chi connectivity index (χ0n) is 11.2. The van der Waals surface area contributed by atoms with E-state index < -0.39 is 0 Å². The Labute approximate surface area is 105 Å². The van der Waals surface area contributed by atoms with Crippen LogP contribution in [0.5, 0.6) is 0 Å². The van der Waals surface area contributed by atoms with Crippen LogP contribution >= 0.6 is 0 Å². The molecule has 1 fully saturated rings. The van der Waals surface area contributed by atoms with E-state index in [4.69, 9.17) is 10.2 Å². The monoisotopic (exact) mass is 244 g/mol. The Bertz CT molecular complexity index is 184. The maximum absolute atomic E-state index is 8.92. The summed E-state index contributed by atoms with van der Waals surface area (Å²) in [5.74, 6) is 0.675. The summed E-state index contributed by atoms with van der Waals surface area (Å²) >= 11 is 0. The SMILES string of the molecule is CC(C)N1CC(CCCO)CC(NCCO)C1. The van der Waals surface area contributed by atoms with Gasteiger partial charge in [0.05, 0.1) is 6.61 Å². The van der Waals surface area contributed by atoms with Gasteiger partial charge >= 0.3 is 0 Å². The number of nitrogens with one attached hydrogen (secondary N) is 1. The zero-order valence-corrected chi connectivity index (χ0v) is 11.2. The van der Waals surface area contributed by atoms with Gasteiger partial charge in [-0.3, -0.25) is 4.90 Å². The van der Waals surface area contributed by atoms with Gasteiger partial charge in [0.15, 0.2) is 0 Å². The van der Waals surface area contributed by atoms with E-state index in [-0.39, 0.29) is 6.61 Å². The Hall–Kier alpha value is -0.160. The molecule has 0 saturated carbocycles. The molecule has 0 aromatic heterocycles. The molecule has 1 heterocycles. The fraction of sp³-hybridized carbons (Fsp3) is 1.00. The van der Waals surface area contributed by atoms with Crippen LogP contribution in [0.3, 0.4) is 0 Å². The van der Waals surface area contributed by atoms with E-state index in [0.717, 1.165) is 25.9 Å². The molecule has 0 aromatic carbocycles. The summed E-state index contributed by atoms with van der Waals surface area (Å²) in [6, 6.07) is 1.06. The van der Waals surface area contributed by atoms with E-state index in [2.05, 4.69) is 24.1 Å². The van der Waals surface area contributed by atoms with Gasteiger partial charge in [0.2, 0.25) is 0 Å². The molecule has 1 aliphatic heterocycles. The standard InChI is InChI=1S/C13H28N2O2/c1-11(2)15-9-12(4-3-6-16)8-13(10-15)14-5-7-17/h11-14,16-17H,3-10H2,1-2H3. The van der Waals surface area contributed by atoms with Gasteiger partial charge in [-0.2, -0.15) is 0 Å². The topological polar surface area (TPSA) is 55.7 Å². The van der Waals surface area contributed by atoms with Crippen molar-refractivity contribution in [2.45, 2.75) is 45.2 Å². The van der Waals surface area contributed by atoms with Crippen LogP contribution in [0, 0.1) is 5.92 Å². The molecular formula is C13H28N2O2. The number of aliphatic hydroxyl groups excluding tert-OH is 2. The van der Waals surface area contributed by atoms with Crippen molar-refractivity contribution in [3.8, 4) is 0 Å². The summed E-state index contributed by atoms with van der Waals surface area (Å²) in [5, 5.41) is 21.2. The van der Waals surface area contributed by atoms with Crippen LogP contribution in [-0.2, 0) is 0 Å². The number of rotatable bonds is 7. The lowest BCUT2D eigenvalue weighted by Gasteiger charge is -2.40. The smallest absolute Gasteiger partial charge is 0.0556 e. The lowest BCUT2D eigenvalue weighted by Crippen LogP contribution is -2.51. The third-order valence-corrected chi connectivity index (χ3v) is 3.61. The molecule has 0 spiro atoms. The first-order valence-electron chi connectivity index (χ1n) is 6.86. The number of hydrogen-bond acceptors (Lipinski definition) is 4. The predicted molar refractivity (Wildman–Crippen MR) is 70.0 cm³/mol. The van der Waals surface area contributed by atoms with Crippen molar-refractivity contribution in [3.05, 3.63) is 0 Å². The molecule has 4 nitrogen and oxygen atoms in total. The predicted octanol–water partition coefficient (Wildman–Crippen LogP) is 0.440. The average molecular weight is 244 g/mol. The first kappa shape index (κ1) is 14.9. The molecule has 4 heteroatoms. The largest absolute Gasteiger partial charge is 0.396 e. The van der Waals surface area contributed by atoms with E-state index in [0.29, 0.717) is 31.2 Å². The van der Waals surface area contributed by atoms with Crippen molar-refractivity contribution in [1.29, 1.82) is 0 Å². The van der Waals surface area contributed by atoms with Crippen molar-refractivity contribution in [1.82, 2.24) is 10.2 Å². The number of likely N-dealkylation sites (tertiary alicyclic amines) is 1. The fourth-order valence-corrected chi connectivity index (χ4v) is 2.67. The Morgan fingerprint density at radius 1 is 1.24 bits per heavy atom. The van der Waals surface area contributed by atoms with Crippen LogP contribution in [0.2, 0.25) is 0 Å². The van der Waals surface area contributed by atoms with Gasteiger partial charge < -0.3 is 15.5 Å². The fourth-order valence-electron chi connectivity index (χ4n) is 2.67. The van der Waals surface area contributed by atoms with Gasteiger partial charge in [0.25, 0.3) is 0 Å². The molecule has 2 atom stereocenters. The zero-order chi connectivity index (χ0) is 12.7. The van der Waals surface area contributed by atoms with Crippen LogP contribution < -0.4 is 5.32 Å². The number of nitrogens with zero attached hydrogens (tertiary/aromatic N) is 1. The third kappa shape index (κ3) is 5.34. The Balaban J connectivity index is 2.43. The van der Waals surface area contributed by atoms with Crippen molar-refractivity contribution < 1.29 is 10.2 Å². The highest BCUT2D eigenvalue weighted by molar-refractivity contribution is 4.84. The normalized spacial score (nSPS) is 26.6. The second-order valence-corrected chi connectivity index (χ2v) is 5.39. The molecule has 0 bridgehead atoms. The van der Waals surface area contributed by atoms with Crippen LogP contribution in [0.25, 0.3) is 0 Å². The lowest BCUT2D eigenvalue weighted by molar-refractivity contribution is 0.101. The van der Waals surface area contributed by atoms with E-state index in [1.807, 2.05) is 0 Å². The van der Waals surface area contributed by atoms with E-state index >= 15 is 0 Å². The Morgan fingerprint density at radius 2 is 2.00 bits per heavy atom. The highest BCUT2D eigenvalue weighted by atomic mass is 16.3. The molecule has 0 radical (unpaired) electrons. The second kappa shape index (κ2) is 8.03. The summed E-state index contributed by atoms with van der Waals surface area (Å²) in [6.07, 6.45) is 3.18. The van der Waals surface area contributed by atoms with Gasteiger partial charge in [-0.15, -0.1) is 0 Å². The average Bonchev–Trinajstić information content (AvgIpc) is 2.33. The van der Waals surface area contributed by atoms with Crippen molar-refractivity contribution in [2.75, 3.05) is 32.8 Å². The third-order valence-electron chi connectivity index (χ3n) is 3.61. The maximum atomic E-state index is 8.92. The molecule has 1 saturated heterocycles. The quantitative estimate of drug-likeness (QED) is 0.608. The summed E-state index contributed by atoms with van der Waals surface area (Å²) < 4.78 is 0. The van der Waals surface area contributed by atoms with Crippen LogP contribution in [0.15, 0.2) is 0 Å². The van der Waals surface area contributed by atoms with Crippen LogP contribution in [0.1, 0.15) is 33.1 Å². The van der Waals surface area contributed by atoms with Gasteiger partial charge in [-0.25, -0.2) is 0 Å². The Kier molecular flexibility index (Phi) is 7.04. The lowest BCUT2D eigenvalue weighted by atomic mass is 9.89. The molecule has 1 aliphatic rings. The minimum absolute atomic E-state index is 0.208. The van der Waals surface area contributed by atoms with Crippen LogP contribution in [-0.4, -0.2) is 60.0 Å². The summed E-state index contributed by atoms with van der Waals surface area (Å²) in [6.45, 7) is 7.88. The van der Waals surface area contributed by atoms with Crippen molar-refractivity contribution in [2.24, 2.45) is 5.92 Å². The maximum Gasteiger partial charge on any atom is 0.0556 e. The van der Waals surface area contributed by atoms with E-state index in [9.17, 15) is 0 Å². The summed E-state index contributed by atoms with van der Waals surface area (Å²) in [7, 11) is 0. The Morgan fingerprint density at radius 3 is 2.59 bits per heavy atom. The molecule has 17 heavy (non-hydrogen) atoms. The van der Waals surface area contributed by atoms with Crippen molar-refractivity contribution in [3.63, 3.8) is 0 Å². The number of hydrogen-bond donors (Lipinski definition) is 3. The minimum Gasteiger partial charge on any atom is -0.396 e. The van der Waals surface area contributed by atoms with Crippen molar-refractivity contribution >= 4 is 0 Å². The van der Waals surface area contributed by atoms with E-state index in [1.54, 1.807) is 0 Å². The molecule has 0 aliphatic carbocycles. The molecule has 3 N–H and O–H groups in total. The van der Waals surface area contributed by atoms with Gasteiger partial charge in [-0.05, 0) is 39.0 Å². The molecule has 102 valence electrons. The van der Waals surface area contributed by atoms with Gasteiger partial charge in [0.1, 0.15) is 0 Å². The molecule has 2 unspecified atom stereocenters. The summed E-state index contributed by atoms with van der Waals surface area (Å²) in [4.78, 5) is 2.50. The first-order chi connectivity index (χ1) is 8.17. The molecule has 0 amide bonds. The second-order valence-electron chi connectivity index (χ2n) is 5.39. The van der Waals surface area contributed by atoms with Gasteiger partial charge in [0, 0.05) is 38.3 Å². The first-order valence-corrected chi connectivity index (χ1v) is 6.86. The molecule has 0 aromatic rings. The number of piperidine rings is 1. The van der Waals surface area contributed by atoms with Crippen LogP contribution in [0.4, 0.5) is 0 Å². The minimum atomic E-state index is 0.208.